The summed E-state index contributed by atoms with van der Waals surface area (Å²) < 4.78 is 16.2. The summed E-state index contributed by atoms with van der Waals surface area (Å²) in [4.78, 5) is 0. The fraction of sp³-hybridized carbons (Fsp3) is 0.238. The van der Waals surface area contributed by atoms with Crippen molar-refractivity contribution in [3.05, 3.63) is 66.0 Å². The molecule has 0 aliphatic rings. The molecule has 0 radical (unpaired) electrons. The van der Waals surface area contributed by atoms with Crippen molar-refractivity contribution in [2.24, 2.45) is 5.92 Å². The molecule has 0 aliphatic heterocycles. The first-order chi connectivity index (χ1) is 13.7. The number of aromatic nitrogens is 3. The van der Waals surface area contributed by atoms with Crippen molar-refractivity contribution in [1.29, 1.82) is 10.5 Å². The predicted octanol–water partition coefficient (Wildman–Crippen LogP) is 4.67. The smallest absolute Gasteiger partial charge is 0.191 e. The quantitative estimate of drug-likeness (QED) is 0.522. The van der Waals surface area contributed by atoms with Gasteiger partial charge in [0.05, 0.1) is 30.2 Å². The summed E-state index contributed by atoms with van der Waals surface area (Å²) in [5.41, 5.74) is 1.43. The second-order valence-electron chi connectivity index (χ2n) is 6.19. The lowest BCUT2D eigenvalue weighted by molar-refractivity contribution is 0.626. The molecule has 3 aromatic rings. The van der Waals surface area contributed by atoms with E-state index in [1.807, 2.05) is 34.9 Å². The zero-order valence-corrected chi connectivity index (χ0v) is 15.9. The van der Waals surface area contributed by atoms with Gasteiger partial charge >= 0.3 is 0 Å². The number of hydrogen-bond donors (Lipinski definition) is 0. The minimum atomic E-state index is -0.357. The van der Waals surface area contributed by atoms with Crippen LogP contribution >= 0.6 is 11.8 Å². The van der Waals surface area contributed by atoms with E-state index in [9.17, 15) is 9.65 Å². The van der Waals surface area contributed by atoms with Crippen molar-refractivity contribution in [3.63, 3.8) is 0 Å². The molecule has 0 amide bonds. The minimum Gasteiger partial charge on any atom is -0.297 e. The van der Waals surface area contributed by atoms with Gasteiger partial charge in [0.1, 0.15) is 5.82 Å². The Morgan fingerprint density at radius 3 is 2.50 bits per heavy atom. The molecule has 0 N–H and O–H groups in total. The van der Waals surface area contributed by atoms with E-state index < -0.39 is 0 Å². The molecular formula is C21H18FN5S. The summed E-state index contributed by atoms with van der Waals surface area (Å²) in [6.45, 7) is 0.495. The molecule has 0 bridgehead atoms. The summed E-state index contributed by atoms with van der Waals surface area (Å²) in [5.74, 6) is 0.352. The van der Waals surface area contributed by atoms with Crippen molar-refractivity contribution in [1.82, 2.24) is 14.8 Å². The Bertz CT molecular complexity index is 1000. The van der Waals surface area contributed by atoms with Crippen LogP contribution in [0.25, 0.3) is 11.4 Å². The van der Waals surface area contributed by atoms with Crippen molar-refractivity contribution in [3.8, 4) is 23.5 Å². The fourth-order valence-electron chi connectivity index (χ4n) is 2.74. The van der Waals surface area contributed by atoms with Gasteiger partial charge in [0.25, 0.3) is 0 Å². The summed E-state index contributed by atoms with van der Waals surface area (Å²) in [6.07, 6.45) is 0.864. The van der Waals surface area contributed by atoms with Crippen LogP contribution in [0.4, 0.5) is 4.39 Å². The van der Waals surface area contributed by atoms with Gasteiger partial charge in [-0.3, -0.25) is 4.57 Å². The predicted molar refractivity (Wildman–Crippen MR) is 106 cm³/mol. The molecule has 5 nitrogen and oxygen atoms in total. The maximum atomic E-state index is 14.3. The Balaban J connectivity index is 1.91. The molecule has 0 spiro atoms. The van der Waals surface area contributed by atoms with Gasteiger partial charge in [-0.2, -0.15) is 10.5 Å². The summed E-state index contributed by atoms with van der Waals surface area (Å²) in [5, 5.41) is 27.1. The van der Waals surface area contributed by atoms with Crippen LogP contribution in [0.3, 0.4) is 0 Å². The highest BCUT2D eigenvalue weighted by Crippen LogP contribution is 2.28. The normalized spacial score (nSPS) is 11.5. The number of nitrogens with zero attached hydrogens (tertiary/aromatic N) is 5. The SMILES string of the molecule is N#CCC[C@H](C#N)CSc1nnc(-c2ccccc2F)n1Cc1ccccc1. The van der Waals surface area contributed by atoms with Crippen molar-refractivity contribution in [2.75, 3.05) is 5.75 Å². The van der Waals surface area contributed by atoms with Crippen LogP contribution in [-0.4, -0.2) is 20.5 Å². The van der Waals surface area contributed by atoms with Gasteiger partial charge in [-0.25, -0.2) is 4.39 Å². The first-order valence-corrected chi connectivity index (χ1v) is 9.83. The van der Waals surface area contributed by atoms with Crippen LogP contribution in [-0.2, 0) is 6.54 Å². The summed E-state index contributed by atoms with van der Waals surface area (Å²) in [7, 11) is 0. The molecule has 0 saturated heterocycles. The van der Waals surface area contributed by atoms with Gasteiger partial charge in [0.15, 0.2) is 11.0 Å². The largest absolute Gasteiger partial charge is 0.297 e. The van der Waals surface area contributed by atoms with Gasteiger partial charge < -0.3 is 0 Å². The van der Waals surface area contributed by atoms with Crippen LogP contribution in [0.2, 0.25) is 0 Å². The number of thioether (sulfide) groups is 1. The first kappa shape index (κ1) is 19.6. The standard InChI is InChI=1S/C21H18FN5S/c22-19-11-5-4-10-18(19)20-25-26-21(28-15-17(13-24)9-6-12-23)27(20)14-16-7-2-1-3-8-16/h1-5,7-8,10-11,17H,6,9,14-15H2/t17-/m1/s1. The molecule has 0 aliphatic carbocycles. The van der Waals surface area contributed by atoms with Gasteiger partial charge in [-0.1, -0.05) is 54.2 Å². The Labute approximate surface area is 167 Å². The average molecular weight is 391 g/mol. The molecule has 1 heterocycles. The lowest BCUT2D eigenvalue weighted by Crippen LogP contribution is -2.07. The van der Waals surface area contributed by atoms with Crippen LogP contribution < -0.4 is 0 Å². The Morgan fingerprint density at radius 1 is 1.04 bits per heavy atom. The van der Waals surface area contributed by atoms with E-state index in [0.717, 1.165) is 5.56 Å². The number of benzene rings is 2. The van der Waals surface area contributed by atoms with Crippen LogP contribution in [0.15, 0.2) is 59.8 Å². The van der Waals surface area contributed by atoms with E-state index in [-0.39, 0.29) is 11.7 Å². The molecule has 28 heavy (non-hydrogen) atoms. The Hall–Kier alpha value is -3.16. The van der Waals surface area contributed by atoms with E-state index >= 15 is 0 Å². The van der Waals surface area contributed by atoms with Gasteiger partial charge in [0, 0.05) is 12.2 Å². The zero-order valence-electron chi connectivity index (χ0n) is 15.1. The average Bonchev–Trinajstić information content (AvgIpc) is 3.11. The van der Waals surface area contributed by atoms with Crippen molar-refractivity contribution >= 4 is 11.8 Å². The van der Waals surface area contributed by atoms with Crippen LogP contribution in [0.1, 0.15) is 18.4 Å². The molecule has 7 heteroatoms. The van der Waals surface area contributed by atoms with Crippen LogP contribution in [0.5, 0.6) is 0 Å². The van der Waals surface area contributed by atoms with E-state index in [1.165, 1.54) is 17.8 Å². The number of hydrogen-bond acceptors (Lipinski definition) is 5. The van der Waals surface area contributed by atoms with E-state index in [2.05, 4.69) is 22.3 Å². The maximum absolute atomic E-state index is 14.3. The molecule has 140 valence electrons. The molecule has 1 atom stereocenters. The minimum absolute atomic E-state index is 0.247. The summed E-state index contributed by atoms with van der Waals surface area (Å²) >= 11 is 1.41. The highest BCUT2D eigenvalue weighted by molar-refractivity contribution is 7.99. The lowest BCUT2D eigenvalue weighted by Gasteiger charge is -2.12. The third kappa shape index (κ3) is 4.76. The zero-order chi connectivity index (χ0) is 19.8. The molecule has 0 saturated carbocycles. The van der Waals surface area contributed by atoms with Crippen molar-refractivity contribution in [2.45, 2.75) is 24.5 Å². The first-order valence-electron chi connectivity index (χ1n) is 8.84. The maximum Gasteiger partial charge on any atom is 0.191 e. The molecular weight excluding hydrogens is 373 g/mol. The Kier molecular flexibility index (Phi) is 6.78. The molecule has 0 unspecified atom stereocenters. The third-order valence-corrected chi connectivity index (χ3v) is 5.35. The van der Waals surface area contributed by atoms with Gasteiger partial charge in [-0.15, -0.1) is 10.2 Å². The number of nitriles is 2. The number of rotatable bonds is 8. The van der Waals surface area contributed by atoms with Gasteiger partial charge in [0.2, 0.25) is 0 Å². The number of halogens is 1. The monoisotopic (exact) mass is 391 g/mol. The molecule has 0 fully saturated rings. The topological polar surface area (TPSA) is 78.3 Å². The molecule has 3 rings (SSSR count). The second kappa shape index (κ2) is 9.68. The van der Waals surface area contributed by atoms with Crippen molar-refractivity contribution < 1.29 is 4.39 Å². The van der Waals surface area contributed by atoms with Crippen LogP contribution in [0, 0.1) is 34.4 Å². The highest BCUT2D eigenvalue weighted by Gasteiger charge is 2.19. The van der Waals surface area contributed by atoms with Gasteiger partial charge in [-0.05, 0) is 24.1 Å². The van der Waals surface area contributed by atoms with E-state index in [4.69, 9.17) is 5.26 Å². The second-order valence-corrected chi connectivity index (χ2v) is 7.18. The molecule has 2 aromatic carbocycles. The summed E-state index contributed by atoms with van der Waals surface area (Å²) in [6, 6.07) is 20.6. The fourth-order valence-corrected chi connectivity index (χ4v) is 3.74. The van der Waals surface area contributed by atoms with E-state index in [0.29, 0.717) is 41.7 Å². The third-order valence-electron chi connectivity index (χ3n) is 4.22. The highest BCUT2D eigenvalue weighted by atomic mass is 32.2. The molecule has 1 aromatic heterocycles. The van der Waals surface area contributed by atoms with E-state index in [1.54, 1.807) is 18.2 Å². The Morgan fingerprint density at radius 2 is 1.79 bits per heavy atom. The lowest BCUT2D eigenvalue weighted by atomic mass is 10.1.